The van der Waals surface area contributed by atoms with E-state index in [1.165, 1.54) is 22.3 Å². The van der Waals surface area contributed by atoms with Crippen molar-refractivity contribution in [3.05, 3.63) is 70.8 Å². The Morgan fingerprint density at radius 2 is 1.26 bits per heavy atom. The second-order valence-corrected chi connectivity index (χ2v) is 13.9. The number of benzene rings is 2. The van der Waals surface area contributed by atoms with E-state index in [0.29, 0.717) is 25.0 Å². The Balaban J connectivity index is 1.20. The standard InChI is InChI=1S/C34H34N2O6/c1-35-9-8-32-25-14-29-26(37-18-40-29)11-19(25)15-41-33(32,35)6-5-21-22-3-4-23(30(21)32)31-7-10-36(2)34(22,31)42-16-20-12-27-28(13-24(20)31)39-17-38-27/h3-6,11-14,21-23,30H,7-10,15-18H2,1-2H3/t21-,22-,23+,30-,31+,32-,33+,34+/m0/s1. The number of hydrogen-bond donors (Lipinski definition) is 0. The van der Waals surface area contributed by atoms with Crippen LogP contribution in [-0.4, -0.2) is 62.0 Å². The first-order valence-corrected chi connectivity index (χ1v) is 15.5. The average molecular weight is 567 g/mol. The molecule has 0 spiro atoms. The molecule has 42 heavy (non-hydrogen) atoms. The highest BCUT2D eigenvalue weighted by molar-refractivity contribution is 5.60. The normalized spacial score (nSPS) is 44.2. The third-order valence-electron chi connectivity index (χ3n) is 13.0. The summed E-state index contributed by atoms with van der Waals surface area (Å²) in [5, 5.41) is 0. The molecule has 0 aromatic heterocycles. The van der Waals surface area contributed by atoms with Crippen molar-refractivity contribution < 1.29 is 28.4 Å². The lowest BCUT2D eigenvalue weighted by Gasteiger charge is -2.71. The molecule has 2 aromatic carbocycles. The molecule has 0 radical (unpaired) electrons. The Morgan fingerprint density at radius 3 is 2.00 bits per heavy atom. The van der Waals surface area contributed by atoms with Crippen molar-refractivity contribution in [2.75, 3.05) is 40.8 Å². The van der Waals surface area contributed by atoms with Crippen molar-refractivity contribution in [1.29, 1.82) is 0 Å². The molecule has 1 saturated carbocycles. The van der Waals surface area contributed by atoms with Crippen LogP contribution >= 0.6 is 0 Å². The van der Waals surface area contributed by atoms with Crippen molar-refractivity contribution in [3.63, 3.8) is 0 Å². The van der Waals surface area contributed by atoms with E-state index in [-0.39, 0.29) is 36.3 Å². The molecule has 0 amide bonds. The van der Waals surface area contributed by atoms with Gasteiger partial charge in [-0.25, -0.2) is 0 Å². The van der Waals surface area contributed by atoms with E-state index in [0.717, 1.165) is 48.9 Å². The zero-order valence-corrected chi connectivity index (χ0v) is 23.9. The quantitative estimate of drug-likeness (QED) is 0.443. The van der Waals surface area contributed by atoms with Gasteiger partial charge in [-0.3, -0.25) is 9.80 Å². The maximum atomic E-state index is 7.23. The predicted octanol–water partition coefficient (Wildman–Crippen LogP) is 4.06. The van der Waals surface area contributed by atoms with Gasteiger partial charge < -0.3 is 28.4 Å². The smallest absolute Gasteiger partial charge is 0.231 e. The summed E-state index contributed by atoms with van der Waals surface area (Å²) in [6.45, 7) is 3.68. The molecule has 0 unspecified atom stereocenters. The van der Waals surface area contributed by atoms with Gasteiger partial charge in [0.2, 0.25) is 13.6 Å². The van der Waals surface area contributed by atoms with Gasteiger partial charge >= 0.3 is 0 Å². The molecule has 8 atom stereocenters. The van der Waals surface area contributed by atoms with Crippen LogP contribution in [0.3, 0.4) is 0 Å². The third kappa shape index (κ3) is 2.18. The Labute approximate surface area is 244 Å². The van der Waals surface area contributed by atoms with E-state index in [4.69, 9.17) is 28.4 Å². The summed E-state index contributed by atoms with van der Waals surface area (Å²) in [5.74, 6) is 4.50. The second-order valence-electron chi connectivity index (χ2n) is 13.9. The summed E-state index contributed by atoms with van der Waals surface area (Å²) in [6.07, 6.45) is 12.1. The minimum Gasteiger partial charge on any atom is -0.454 e. The van der Waals surface area contributed by atoms with Gasteiger partial charge in [0.15, 0.2) is 28.7 Å². The van der Waals surface area contributed by atoms with Crippen molar-refractivity contribution in [2.45, 2.75) is 48.3 Å². The lowest BCUT2D eigenvalue weighted by Crippen LogP contribution is -2.77. The fourth-order valence-corrected chi connectivity index (χ4v) is 11.7. The van der Waals surface area contributed by atoms with E-state index in [1.807, 2.05) is 0 Å². The summed E-state index contributed by atoms with van der Waals surface area (Å²) in [5.41, 5.74) is 3.90. The number of likely N-dealkylation sites (N-methyl/N-ethyl adjacent to an activating group) is 2. The molecule has 10 aliphatic rings. The Morgan fingerprint density at radius 1 is 0.667 bits per heavy atom. The molecular weight excluding hydrogens is 532 g/mol. The maximum Gasteiger partial charge on any atom is 0.231 e. The first-order chi connectivity index (χ1) is 20.5. The lowest BCUT2D eigenvalue weighted by molar-refractivity contribution is -0.274. The van der Waals surface area contributed by atoms with Gasteiger partial charge in [0.25, 0.3) is 0 Å². The van der Waals surface area contributed by atoms with Gasteiger partial charge in [-0.15, -0.1) is 0 Å². The van der Waals surface area contributed by atoms with Crippen molar-refractivity contribution in [3.8, 4) is 23.0 Å². The molecule has 8 nitrogen and oxygen atoms in total. The Bertz CT molecular complexity index is 1670. The topological polar surface area (TPSA) is 61.9 Å². The molecule has 6 aliphatic heterocycles. The monoisotopic (exact) mass is 566 g/mol. The number of likely N-dealkylation sites (tertiary alicyclic amines) is 2. The van der Waals surface area contributed by atoms with E-state index in [2.05, 4.69) is 72.5 Å². The van der Waals surface area contributed by atoms with Gasteiger partial charge in [0.05, 0.1) is 13.2 Å². The highest BCUT2D eigenvalue weighted by Gasteiger charge is 2.80. The van der Waals surface area contributed by atoms with Crippen LogP contribution in [0.4, 0.5) is 0 Å². The molecular formula is C34H34N2O6. The van der Waals surface area contributed by atoms with Crippen LogP contribution in [0.15, 0.2) is 48.6 Å². The van der Waals surface area contributed by atoms with Crippen LogP contribution in [0, 0.1) is 23.7 Å². The van der Waals surface area contributed by atoms with E-state index >= 15 is 0 Å². The predicted molar refractivity (Wildman–Crippen MR) is 150 cm³/mol. The SMILES string of the molecule is CN1CC[C@@]23c4cc5c(cc4CO[C@@]12C=C[C@@H]1[C@H]3[C@H]2C=C[C@@H]1[C@@]13OCc4cc6c(cc4[C@@]21CCN3C)OCO6)OCO5. The molecule has 3 fully saturated rings. The average Bonchev–Trinajstić information content (AvgIpc) is 3.80. The van der Waals surface area contributed by atoms with Gasteiger partial charge in [-0.2, -0.15) is 0 Å². The van der Waals surface area contributed by atoms with Crippen molar-refractivity contribution >= 4 is 0 Å². The Hall–Kier alpha value is -3.04. The molecule has 2 saturated heterocycles. The summed E-state index contributed by atoms with van der Waals surface area (Å²) >= 11 is 0. The van der Waals surface area contributed by atoms with Gasteiger partial charge in [-0.1, -0.05) is 18.2 Å². The Kier molecular flexibility index (Phi) is 4.01. The lowest BCUT2D eigenvalue weighted by atomic mass is 9.37. The van der Waals surface area contributed by atoms with Crippen LogP contribution in [-0.2, 0) is 33.5 Å². The second kappa shape index (κ2) is 7.18. The number of hydrogen-bond acceptors (Lipinski definition) is 8. The molecule has 6 heterocycles. The summed E-state index contributed by atoms with van der Waals surface area (Å²) in [4.78, 5) is 5.00. The third-order valence-corrected chi connectivity index (χ3v) is 13.0. The number of rotatable bonds is 0. The van der Waals surface area contributed by atoms with Crippen LogP contribution in [0.1, 0.15) is 35.1 Å². The highest BCUT2D eigenvalue weighted by atomic mass is 16.7. The summed E-state index contributed by atoms with van der Waals surface area (Å²) < 4.78 is 38.0. The fourth-order valence-electron chi connectivity index (χ4n) is 11.7. The molecule has 2 aromatic rings. The zero-order chi connectivity index (χ0) is 27.6. The van der Waals surface area contributed by atoms with E-state index < -0.39 is 11.4 Å². The summed E-state index contributed by atoms with van der Waals surface area (Å²) in [6, 6.07) is 8.99. The molecule has 216 valence electrons. The van der Waals surface area contributed by atoms with Crippen molar-refractivity contribution in [2.24, 2.45) is 23.7 Å². The van der Waals surface area contributed by atoms with E-state index in [1.54, 1.807) is 0 Å². The number of ether oxygens (including phenoxy) is 6. The maximum absolute atomic E-state index is 7.23. The van der Waals surface area contributed by atoms with Crippen LogP contribution in [0.25, 0.3) is 0 Å². The molecule has 12 rings (SSSR count). The fraction of sp³-hybridized carbons (Fsp3) is 0.529. The van der Waals surface area contributed by atoms with Gasteiger partial charge in [0.1, 0.15) is 5.72 Å². The largest absolute Gasteiger partial charge is 0.454 e. The first kappa shape index (κ1) is 23.4. The number of nitrogens with zero attached hydrogens (tertiary/aromatic N) is 2. The molecule has 0 N–H and O–H groups in total. The molecule has 8 heteroatoms. The van der Waals surface area contributed by atoms with Crippen LogP contribution in [0.5, 0.6) is 23.0 Å². The molecule has 4 aliphatic carbocycles. The minimum atomic E-state index is -0.503. The van der Waals surface area contributed by atoms with Gasteiger partial charge in [0, 0.05) is 29.8 Å². The van der Waals surface area contributed by atoms with Crippen LogP contribution < -0.4 is 18.9 Å². The van der Waals surface area contributed by atoms with E-state index in [9.17, 15) is 0 Å². The first-order valence-electron chi connectivity index (χ1n) is 15.5. The summed E-state index contributed by atoms with van der Waals surface area (Å²) in [7, 11) is 4.52. The highest BCUT2D eigenvalue weighted by Crippen LogP contribution is 2.76. The number of allylic oxidation sites excluding steroid dienone is 2. The van der Waals surface area contributed by atoms with Crippen molar-refractivity contribution in [1.82, 2.24) is 9.80 Å². The van der Waals surface area contributed by atoms with Gasteiger partial charge in [-0.05, 0) is 97.3 Å². The zero-order valence-electron chi connectivity index (χ0n) is 23.9. The van der Waals surface area contributed by atoms with Crippen LogP contribution in [0.2, 0.25) is 0 Å². The number of fused-ring (bicyclic) bond motifs is 4. The molecule has 2 bridgehead atoms. The minimum absolute atomic E-state index is 0.211.